The molecule has 3 rings (SSSR count). The summed E-state index contributed by atoms with van der Waals surface area (Å²) in [5.74, 6) is 0.125. The largest absolute Gasteiger partial charge is 0.370 e. The van der Waals surface area contributed by atoms with E-state index in [1.807, 2.05) is 17.9 Å². The molecule has 3 amide bonds. The summed E-state index contributed by atoms with van der Waals surface area (Å²) in [6, 6.07) is 6.76. The second-order valence-electron chi connectivity index (χ2n) is 7.74. The van der Waals surface area contributed by atoms with Gasteiger partial charge in [-0.3, -0.25) is 14.4 Å². The van der Waals surface area contributed by atoms with Gasteiger partial charge in [-0.05, 0) is 76.3 Å². The summed E-state index contributed by atoms with van der Waals surface area (Å²) >= 11 is 6.77. The normalized spacial score (nSPS) is 17.8. The standard InChI is InChI=1S/C10H18N2O.C7H6Br2.C4H9NO.C2H5NO.C2H4/c1-8-4-3-7-12(8)10(13)9-5-2-6-11-9;1-5-2-6(8)4-7(9)3-5;1-2-3-4(5)6;1-3-2-4;1-2/h8-9,11H,2-7H2,1H3;2-4H,1H3;2-3H2,1H3,(H2,5,6);2H,1H3,(H,3,4);1-2H2. The molecule has 1 aromatic carbocycles. The predicted octanol–water partition coefficient (Wildman–Crippen LogP) is 4.71. The molecule has 0 saturated carbocycles. The van der Waals surface area contributed by atoms with Gasteiger partial charge in [0.2, 0.25) is 18.2 Å². The Kier molecular flexibility index (Phi) is 22.1. The third kappa shape index (κ3) is 16.8. The SMILES string of the molecule is C=C.CC1CCCN1C(=O)C1CCCN1.CCCC(N)=O.CNC=O.Cc1cc(Br)cc(Br)c1. The zero-order chi connectivity index (χ0) is 26.5. The van der Waals surface area contributed by atoms with Gasteiger partial charge in [0.05, 0.1) is 6.04 Å². The molecule has 2 fully saturated rings. The molecular formula is C25H42Br2N4O3. The van der Waals surface area contributed by atoms with E-state index in [2.05, 4.69) is 81.6 Å². The maximum atomic E-state index is 11.9. The van der Waals surface area contributed by atoms with Crippen molar-refractivity contribution in [3.05, 3.63) is 45.9 Å². The Hall–Kier alpha value is -1.71. The Morgan fingerprint density at radius 1 is 1.21 bits per heavy atom. The van der Waals surface area contributed by atoms with E-state index in [-0.39, 0.29) is 11.9 Å². The average molecular weight is 606 g/mol. The lowest BCUT2D eigenvalue weighted by atomic mass is 10.2. The first kappa shape index (κ1) is 34.5. The van der Waals surface area contributed by atoms with E-state index in [0.29, 0.717) is 24.8 Å². The number of hydrogen-bond donors (Lipinski definition) is 3. The molecule has 4 N–H and O–H groups in total. The first-order valence-electron chi connectivity index (χ1n) is 11.5. The Morgan fingerprint density at radius 3 is 2.06 bits per heavy atom. The Morgan fingerprint density at radius 2 is 1.76 bits per heavy atom. The number of primary amides is 1. The molecule has 2 unspecified atom stereocenters. The van der Waals surface area contributed by atoms with E-state index in [4.69, 9.17) is 10.5 Å². The van der Waals surface area contributed by atoms with Crippen LogP contribution in [-0.4, -0.2) is 55.3 Å². The minimum atomic E-state index is -0.211. The number of carbonyl (C=O) groups is 3. The van der Waals surface area contributed by atoms with Gasteiger partial charge < -0.3 is 21.3 Å². The molecule has 0 aromatic heterocycles. The quantitative estimate of drug-likeness (QED) is 0.342. The number of benzene rings is 1. The maximum Gasteiger partial charge on any atom is 0.239 e. The van der Waals surface area contributed by atoms with Crippen molar-refractivity contribution >= 4 is 50.1 Å². The third-order valence-corrected chi connectivity index (χ3v) is 5.73. The average Bonchev–Trinajstić information content (AvgIpc) is 3.47. The Bertz CT molecular complexity index is 663. The van der Waals surface area contributed by atoms with Gasteiger partial charge >= 0.3 is 0 Å². The molecule has 2 saturated heterocycles. The van der Waals surface area contributed by atoms with Crippen molar-refractivity contribution in [1.82, 2.24) is 15.5 Å². The van der Waals surface area contributed by atoms with Crippen LogP contribution in [-0.2, 0) is 14.4 Å². The molecule has 2 heterocycles. The minimum Gasteiger partial charge on any atom is -0.370 e. The number of nitrogens with one attached hydrogen (secondary N) is 2. The molecule has 0 spiro atoms. The summed E-state index contributed by atoms with van der Waals surface area (Å²) in [7, 11) is 1.56. The van der Waals surface area contributed by atoms with E-state index in [1.54, 1.807) is 7.05 Å². The highest BCUT2D eigenvalue weighted by molar-refractivity contribution is 9.11. The van der Waals surface area contributed by atoms with E-state index in [9.17, 15) is 9.59 Å². The van der Waals surface area contributed by atoms with Crippen LogP contribution in [0.1, 0.15) is 57.9 Å². The molecule has 34 heavy (non-hydrogen) atoms. The fourth-order valence-electron chi connectivity index (χ4n) is 3.29. The topological polar surface area (TPSA) is 105 Å². The zero-order valence-electron chi connectivity index (χ0n) is 21.0. The fourth-order valence-corrected chi connectivity index (χ4v) is 4.82. The van der Waals surface area contributed by atoms with Crippen LogP contribution in [0.5, 0.6) is 0 Å². The first-order chi connectivity index (χ1) is 16.2. The summed E-state index contributed by atoms with van der Waals surface area (Å²) in [6.07, 6.45) is 6.54. The highest BCUT2D eigenvalue weighted by atomic mass is 79.9. The highest BCUT2D eigenvalue weighted by Crippen LogP contribution is 2.20. The lowest BCUT2D eigenvalue weighted by Crippen LogP contribution is -2.44. The van der Waals surface area contributed by atoms with Crippen molar-refractivity contribution in [3.8, 4) is 0 Å². The summed E-state index contributed by atoms with van der Waals surface area (Å²) < 4.78 is 2.24. The number of halogens is 2. The first-order valence-corrected chi connectivity index (χ1v) is 13.1. The Balaban J connectivity index is 0. The van der Waals surface area contributed by atoms with Crippen molar-refractivity contribution < 1.29 is 14.4 Å². The molecule has 2 aliphatic rings. The van der Waals surface area contributed by atoms with Gasteiger partial charge in [-0.2, -0.15) is 0 Å². The fraction of sp³-hybridized carbons (Fsp3) is 0.560. The van der Waals surface area contributed by atoms with Gasteiger partial charge in [0.25, 0.3) is 0 Å². The minimum absolute atomic E-state index is 0.126. The number of rotatable bonds is 4. The molecule has 1 aromatic rings. The summed E-state index contributed by atoms with van der Waals surface area (Å²) in [4.78, 5) is 32.9. The predicted molar refractivity (Wildman–Crippen MR) is 148 cm³/mol. The van der Waals surface area contributed by atoms with Crippen LogP contribution in [0.25, 0.3) is 0 Å². The van der Waals surface area contributed by atoms with Gasteiger partial charge in [0, 0.05) is 35.0 Å². The van der Waals surface area contributed by atoms with Gasteiger partial charge in [-0.25, -0.2) is 0 Å². The molecule has 0 bridgehead atoms. The number of nitrogens with zero attached hydrogens (tertiary/aromatic N) is 1. The second-order valence-corrected chi connectivity index (χ2v) is 9.57. The molecule has 194 valence electrons. The zero-order valence-corrected chi connectivity index (χ0v) is 24.2. The van der Waals surface area contributed by atoms with Crippen molar-refractivity contribution in [3.63, 3.8) is 0 Å². The van der Waals surface area contributed by atoms with Crippen molar-refractivity contribution in [2.75, 3.05) is 20.1 Å². The Labute approximate surface area is 222 Å². The van der Waals surface area contributed by atoms with Crippen LogP contribution < -0.4 is 16.4 Å². The molecule has 2 aliphatic heterocycles. The number of likely N-dealkylation sites (tertiary alicyclic amines) is 1. The van der Waals surface area contributed by atoms with Crippen LogP contribution in [0.3, 0.4) is 0 Å². The van der Waals surface area contributed by atoms with Crippen LogP contribution in [0.4, 0.5) is 0 Å². The van der Waals surface area contributed by atoms with Gasteiger partial charge in [0.1, 0.15) is 0 Å². The monoisotopic (exact) mass is 604 g/mol. The maximum absolute atomic E-state index is 11.9. The summed E-state index contributed by atoms with van der Waals surface area (Å²) in [6.45, 7) is 14.1. The van der Waals surface area contributed by atoms with Crippen molar-refractivity contribution in [1.29, 1.82) is 0 Å². The highest BCUT2D eigenvalue weighted by Gasteiger charge is 2.31. The van der Waals surface area contributed by atoms with Gasteiger partial charge in [-0.15, -0.1) is 13.2 Å². The van der Waals surface area contributed by atoms with Gasteiger partial charge in [0.15, 0.2) is 0 Å². The van der Waals surface area contributed by atoms with E-state index in [1.165, 1.54) is 18.4 Å². The molecule has 0 radical (unpaired) electrons. The summed E-state index contributed by atoms with van der Waals surface area (Å²) in [5.41, 5.74) is 6.02. The molecule has 2 atom stereocenters. The van der Waals surface area contributed by atoms with E-state index in [0.717, 1.165) is 41.3 Å². The molecule has 9 heteroatoms. The van der Waals surface area contributed by atoms with E-state index < -0.39 is 0 Å². The number of amides is 3. The molecular weight excluding hydrogens is 564 g/mol. The van der Waals surface area contributed by atoms with Crippen LogP contribution in [0, 0.1) is 6.92 Å². The van der Waals surface area contributed by atoms with Crippen LogP contribution >= 0.6 is 31.9 Å². The molecule has 7 nitrogen and oxygen atoms in total. The lowest BCUT2D eigenvalue weighted by molar-refractivity contribution is -0.133. The van der Waals surface area contributed by atoms with Crippen molar-refractivity contribution in [2.24, 2.45) is 5.73 Å². The number of aryl methyl sites for hydroxylation is 1. The summed E-state index contributed by atoms with van der Waals surface area (Å²) in [5, 5.41) is 5.51. The molecule has 0 aliphatic carbocycles. The lowest BCUT2D eigenvalue weighted by Gasteiger charge is -2.24. The smallest absolute Gasteiger partial charge is 0.239 e. The van der Waals surface area contributed by atoms with Gasteiger partial charge in [-0.1, -0.05) is 38.8 Å². The van der Waals surface area contributed by atoms with Crippen LogP contribution in [0.2, 0.25) is 0 Å². The number of carbonyl (C=O) groups excluding carboxylic acids is 3. The number of hydrogen-bond acceptors (Lipinski definition) is 4. The van der Waals surface area contributed by atoms with E-state index >= 15 is 0 Å². The van der Waals surface area contributed by atoms with Crippen molar-refractivity contribution in [2.45, 2.75) is 71.4 Å². The number of nitrogens with two attached hydrogens (primary N) is 1. The third-order valence-electron chi connectivity index (χ3n) is 4.82. The van der Waals surface area contributed by atoms with Crippen LogP contribution in [0.15, 0.2) is 40.3 Å². The second kappa shape index (κ2) is 21.8.